The Morgan fingerprint density at radius 3 is 2.19 bits per heavy atom. The highest BCUT2D eigenvalue weighted by molar-refractivity contribution is 5.96. The average molecular weight is 362 g/mol. The zero-order chi connectivity index (χ0) is 18.9. The number of carbonyl (C=O) groups is 2. The van der Waals surface area contributed by atoms with E-state index in [1.54, 1.807) is 29.3 Å². The molecular formula is C21H22N4O2. The lowest BCUT2D eigenvalue weighted by Crippen LogP contribution is -2.32. The first kappa shape index (κ1) is 18.5. The van der Waals surface area contributed by atoms with Crippen LogP contribution in [0.5, 0.6) is 0 Å². The van der Waals surface area contributed by atoms with Crippen molar-refractivity contribution in [3.05, 3.63) is 84.2 Å². The third kappa shape index (κ3) is 5.60. The van der Waals surface area contributed by atoms with Crippen LogP contribution in [-0.2, 0) is 11.3 Å². The van der Waals surface area contributed by atoms with Crippen molar-refractivity contribution in [1.82, 2.24) is 20.3 Å². The van der Waals surface area contributed by atoms with E-state index in [4.69, 9.17) is 0 Å². The zero-order valence-corrected chi connectivity index (χ0v) is 15.0. The number of hydrogen-bond acceptors (Lipinski definition) is 4. The predicted octanol–water partition coefficient (Wildman–Crippen LogP) is 3.19. The lowest BCUT2D eigenvalue weighted by Gasteiger charge is -2.18. The van der Waals surface area contributed by atoms with Crippen LogP contribution in [0.2, 0.25) is 0 Å². The summed E-state index contributed by atoms with van der Waals surface area (Å²) < 4.78 is 0. The maximum Gasteiger partial charge on any atom is 0.220 e. The molecular weight excluding hydrogens is 340 g/mol. The second-order valence-corrected chi connectivity index (χ2v) is 6.26. The van der Waals surface area contributed by atoms with Crippen LogP contribution in [0.4, 0.5) is 0 Å². The number of carbonyl (C=O) groups excluding carboxylic acids is 2. The van der Waals surface area contributed by atoms with E-state index in [9.17, 15) is 9.59 Å². The maximum atomic E-state index is 12.4. The summed E-state index contributed by atoms with van der Waals surface area (Å²) >= 11 is 0. The molecule has 2 aromatic carbocycles. The van der Waals surface area contributed by atoms with E-state index in [-0.39, 0.29) is 17.7 Å². The highest BCUT2D eigenvalue weighted by atomic mass is 16.1. The molecule has 1 amide bonds. The predicted molar refractivity (Wildman–Crippen MR) is 102 cm³/mol. The van der Waals surface area contributed by atoms with Crippen LogP contribution in [0.25, 0.3) is 0 Å². The second kappa shape index (κ2) is 9.43. The number of Topliss-reactive ketones (excluding diaryl/α,β-unsaturated/α-hetero) is 1. The lowest BCUT2D eigenvalue weighted by atomic mass is 10.0. The smallest absolute Gasteiger partial charge is 0.220 e. The number of rotatable bonds is 9. The Morgan fingerprint density at radius 1 is 0.889 bits per heavy atom. The molecule has 6 nitrogen and oxygen atoms in total. The summed E-state index contributed by atoms with van der Waals surface area (Å²) in [5.74, 6) is -0.0272. The van der Waals surface area contributed by atoms with Gasteiger partial charge in [0.25, 0.3) is 0 Å². The summed E-state index contributed by atoms with van der Waals surface area (Å²) in [7, 11) is 0. The topological polar surface area (TPSA) is 76.9 Å². The Morgan fingerprint density at radius 2 is 1.52 bits per heavy atom. The monoisotopic (exact) mass is 362 g/mol. The molecule has 1 unspecified atom stereocenters. The normalized spacial score (nSPS) is 11.7. The van der Waals surface area contributed by atoms with E-state index in [2.05, 4.69) is 15.5 Å². The summed E-state index contributed by atoms with van der Waals surface area (Å²) in [5.41, 5.74) is 1.67. The van der Waals surface area contributed by atoms with Gasteiger partial charge in [-0.25, -0.2) is 0 Å². The van der Waals surface area contributed by atoms with Gasteiger partial charge >= 0.3 is 0 Å². The van der Waals surface area contributed by atoms with E-state index in [1.165, 1.54) is 0 Å². The molecule has 3 aromatic rings. The molecule has 0 fully saturated rings. The summed E-state index contributed by atoms with van der Waals surface area (Å²) in [6.07, 6.45) is 4.39. The van der Waals surface area contributed by atoms with Crippen LogP contribution >= 0.6 is 0 Å². The third-order valence-electron chi connectivity index (χ3n) is 4.25. The molecule has 0 spiro atoms. The van der Waals surface area contributed by atoms with Gasteiger partial charge in [-0.2, -0.15) is 15.0 Å². The number of hydrogen-bond donors (Lipinski definition) is 1. The molecule has 1 N–H and O–H groups in total. The molecule has 6 heteroatoms. The van der Waals surface area contributed by atoms with Crippen LogP contribution in [0.3, 0.4) is 0 Å². The second-order valence-electron chi connectivity index (χ2n) is 6.26. The number of nitrogens with one attached hydrogen (secondary N) is 1. The van der Waals surface area contributed by atoms with E-state index in [0.717, 1.165) is 5.56 Å². The summed E-state index contributed by atoms with van der Waals surface area (Å²) in [4.78, 5) is 26.1. The first-order valence-corrected chi connectivity index (χ1v) is 8.99. The Bertz CT molecular complexity index is 848. The van der Waals surface area contributed by atoms with Gasteiger partial charge in [0.2, 0.25) is 5.91 Å². The molecule has 138 valence electrons. The van der Waals surface area contributed by atoms with Gasteiger partial charge in [0.15, 0.2) is 5.78 Å². The molecule has 1 heterocycles. The molecule has 0 aliphatic rings. The standard InChI is InChI=1S/C21H22N4O2/c26-20(18-10-5-2-6-11-18)12-7-13-21(27)24-19(16-25-22-14-15-23-25)17-8-3-1-4-9-17/h1-6,8-11,14-15,19H,7,12-13,16H2,(H,24,27). The SMILES string of the molecule is O=C(CCCC(=O)c1ccccc1)NC(Cn1nccn1)c1ccccc1. The van der Waals surface area contributed by atoms with Gasteiger partial charge in [-0.05, 0) is 12.0 Å². The lowest BCUT2D eigenvalue weighted by molar-refractivity contribution is -0.122. The minimum Gasteiger partial charge on any atom is -0.347 e. The van der Waals surface area contributed by atoms with Crippen molar-refractivity contribution in [1.29, 1.82) is 0 Å². The van der Waals surface area contributed by atoms with Gasteiger partial charge in [0.05, 0.1) is 25.0 Å². The molecule has 1 aromatic heterocycles. The quantitative estimate of drug-likeness (QED) is 0.593. The van der Waals surface area contributed by atoms with E-state index in [1.807, 2.05) is 48.5 Å². The third-order valence-corrected chi connectivity index (χ3v) is 4.25. The summed E-state index contributed by atoms with van der Waals surface area (Å²) in [6.45, 7) is 0.450. The van der Waals surface area contributed by atoms with Crippen molar-refractivity contribution in [3.8, 4) is 0 Å². The average Bonchev–Trinajstić information content (AvgIpc) is 3.22. The van der Waals surface area contributed by atoms with Gasteiger partial charge in [-0.3, -0.25) is 9.59 Å². The van der Waals surface area contributed by atoms with Gasteiger partial charge in [-0.15, -0.1) is 0 Å². The molecule has 0 saturated heterocycles. The maximum absolute atomic E-state index is 12.4. The van der Waals surface area contributed by atoms with E-state index >= 15 is 0 Å². The minimum absolute atomic E-state index is 0.0590. The fraction of sp³-hybridized carbons (Fsp3) is 0.238. The highest BCUT2D eigenvalue weighted by Gasteiger charge is 2.16. The molecule has 27 heavy (non-hydrogen) atoms. The highest BCUT2D eigenvalue weighted by Crippen LogP contribution is 2.15. The van der Waals surface area contributed by atoms with Crippen molar-refractivity contribution in [2.45, 2.75) is 31.8 Å². The molecule has 0 bridgehead atoms. The molecule has 3 rings (SSSR count). The fourth-order valence-corrected chi connectivity index (χ4v) is 2.87. The van der Waals surface area contributed by atoms with Crippen molar-refractivity contribution in [3.63, 3.8) is 0 Å². The number of benzene rings is 2. The first-order valence-electron chi connectivity index (χ1n) is 8.99. The minimum atomic E-state index is -0.226. The number of ketones is 1. The van der Waals surface area contributed by atoms with Crippen molar-refractivity contribution in [2.24, 2.45) is 0 Å². The largest absolute Gasteiger partial charge is 0.347 e. The summed E-state index contributed by atoms with van der Waals surface area (Å²) in [5, 5.41) is 11.3. The number of nitrogens with zero attached hydrogens (tertiary/aromatic N) is 3. The van der Waals surface area contributed by atoms with Gasteiger partial charge in [0.1, 0.15) is 0 Å². The van der Waals surface area contributed by atoms with Crippen LogP contribution in [-0.4, -0.2) is 26.7 Å². The molecule has 0 aliphatic carbocycles. The molecule has 1 atom stereocenters. The number of amides is 1. The Kier molecular flexibility index (Phi) is 6.46. The van der Waals surface area contributed by atoms with Crippen molar-refractivity contribution < 1.29 is 9.59 Å². The molecule has 0 radical (unpaired) electrons. The molecule has 0 saturated carbocycles. The van der Waals surface area contributed by atoms with Crippen LogP contribution in [0.1, 0.15) is 41.2 Å². The Balaban J connectivity index is 1.54. The summed E-state index contributed by atoms with van der Waals surface area (Å²) in [6, 6.07) is 18.7. The van der Waals surface area contributed by atoms with Crippen LogP contribution in [0.15, 0.2) is 73.1 Å². The van der Waals surface area contributed by atoms with Gasteiger partial charge in [-0.1, -0.05) is 60.7 Å². The van der Waals surface area contributed by atoms with E-state index in [0.29, 0.717) is 31.4 Å². The van der Waals surface area contributed by atoms with Crippen molar-refractivity contribution in [2.75, 3.05) is 0 Å². The Hall–Kier alpha value is -3.28. The van der Waals surface area contributed by atoms with E-state index < -0.39 is 0 Å². The van der Waals surface area contributed by atoms with Crippen LogP contribution < -0.4 is 5.32 Å². The fourth-order valence-electron chi connectivity index (χ4n) is 2.87. The van der Waals surface area contributed by atoms with Gasteiger partial charge < -0.3 is 5.32 Å². The van der Waals surface area contributed by atoms with Gasteiger partial charge in [0, 0.05) is 18.4 Å². The molecule has 0 aliphatic heterocycles. The van der Waals surface area contributed by atoms with Crippen molar-refractivity contribution >= 4 is 11.7 Å². The Labute approximate surface area is 158 Å². The van der Waals surface area contributed by atoms with Crippen LogP contribution in [0, 0.1) is 0 Å². The zero-order valence-electron chi connectivity index (χ0n) is 15.0. The number of aromatic nitrogens is 3. The first-order chi connectivity index (χ1) is 13.2.